The van der Waals surface area contributed by atoms with Crippen molar-refractivity contribution in [2.75, 3.05) is 20.3 Å². The monoisotopic (exact) mass is 241 g/mol. The van der Waals surface area contributed by atoms with E-state index in [1.165, 1.54) is 0 Å². The Hall–Kier alpha value is -0.330. The quantitative estimate of drug-likeness (QED) is 0.591. The Kier molecular flexibility index (Phi) is 5.51. The van der Waals surface area contributed by atoms with Crippen molar-refractivity contribution in [3.05, 3.63) is 0 Å². The fourth-order valence-electron chi connectivity index (χ4n) is 1.84. The first-order valence-electron chi connectivity index (χ1n) is 5.47. The van der Waals surface area contributed by atoms with Gasteiger partial charge in [-0.05, 0) is 25.7 Å². The zero-order chi connectivity index (χ0) is 12.0. The molecule has 1 N–H and O–H groups in total. The molecule has 1 aliphatic rings. The van der Waals surface area contributed by atoms with Gasteiger partial charge < -0.3 is 4.74 Å². The molecule has 1 rings (SSSR count). The largest absolute Gasteiger partial charge is 0.391 e. The second kappa shape index (κ2) is 6.42. The Morgan fingerprint density at radius 1 is 1.12 bits per heavy atom. The molecular weight excluding hydrogens is 223 g/mol. The van der Waals surface area contributed by atoms with Crippen molar-refractivity contribution in [2.45, 2.75) is 37.9 Å². The third kappa shape index (κ3) is 4.67. The van der Waals surface area contributed by atoms with Crippen LogP contribution in [-0.2, 0) is 9.57 Å². The topological polar surface area (TPSA) is 30.5 Å². The molecule has 0 radical (unpaired) electrons. The maximum Gasteiger partial charge on any atom is 0.391 e. The number of hydrogen-bond donors (Lipinski definition) is 1. The van der Waals surface area contributed by atoms with Crippen molar-refractivity contribution in [3.8, 4) is 0 Å². The molecule has 96 valence electrons. The average molecular weight is 241 g/mol. The number of ether oxygens (including phenoxy) is 1. The van der Waals surface area contributed by atoms with Crippen molar-refractivity contribution >= 4 is 0 Å². The Balaban J connectivity index is 2.12. The lowest BCUT2D eigenvalue weighted by atomic mass is 9.86. The lowest BCUT2D eigenvalue weighted by Gasteiger charge is -2.29. The van der Waals surface area contributed by atoms with Crippen LogP contribution < -0.4 is 5.48 Å². The molecule has 0 aromatic rings. The van der Waals surface area contributed by atoms with Crippen LogP contribution in [0, 0.1) is 5.92 Å². The summed E-state index contributed by atoms with van der Waals surface area (Å²) in [6, 6.07) is 0.0375. The minimum absolute atomic E-state index is 0.0375. The first kappa shape index (κ1) is 13.7. The summed E-state index contributed by atoms with van der Waals surface area (Å²) in [4.78, 5) is 5.08. The molecule has 1 fully saturated rings. The summed E-state index contributed by atoms with van der Waals surface area (Å²) in [5.74, 6) is -1.13. The normalized spacial score (nSPS) is 27.0. The molecule has 0 bridgehead atoms. The van der Waals surface area contributed by atoms with Gasteiger partial charge in [0.25, 0.3) is 0 Å². The third-order valence-corrected chi connectivity index (χ3v) is 2.83. The summed E-state index contributed by atoms with van der Waals surface area (Å²) in [5, 5.41) is 0. The lowest BCUT2D eigenvalue weighted by molar-refractivity contribution is -0.184. The Morgan fingerprint density at radius 3 is 2.25 bits per heavy atom. The number of alkyl halides is 3. The predicted molar refractivity (Wildman–Crippen MR) is 52.8 cm³/mol. The highest BCUT2D eigenvalue weighted by Gasteiger charge is 2.41. The zero-order valence-corrected chi connectivity index (χ0v) is 9.35. The van der Waals surface area contributed by atoms with Crippen LogP contribution in [0.1, 0.15) is 25.7 Å². The first-order valence-corrected chi connectivity index (χ1v) is 5.47. The number of methoxy groups -OCH3 is 1. The summed E-state index contributed by atoms with van der Waals surface area (Å²) in [6.45, 7) is 0.889. The molecule has 0 heterocycles. The van der Waals surface area contributed by atoms with Crippen LogP contribution in [0.4, 0.5) is 13.2 Å². The van der Waals surface area contributed by atoms with Crippen LogP contribution in [0.3, 0.4) is 0 Å². The van der Waals surface area contributed by atoms with Gasteiger partial charge in [0.15, 0.2) is 0 Å². The van der Waals surface area contributed by atoms with Gasteiger partial charge in [0.1, 0.15) is 0 Å². The van der Waals surface area contributed by atoms with Crippen molar-refractivity contribution < 1.29 is 22.7 Å². The molecule has 0 saturated heterocycles. The van der Waals surface area contributed by atoms with E-state index in [2.05, 4.69) is 5.48 Å². The molecule has 0 spiro atoms. The maximum absolute atomic E-state index is 12.4. The Bertz CT molecular complexity index is 191. The van der Waals surface area contributed by atoms with E-state index in [4.69, 9.17) is 9.57 Å². The fraction of sp³-hybridized carbons (Fsp3) is 1.00. The molecule has 1 aliphatic carbocycles. The number of hydroxylamine groups is 1. The molecular formula is C10H18F3NO2. The van der Waals surface area contributed by atoms with Gasteiger partial charge >= 0.3 is 6.18 Å². The highest BCUT2D eigenvalue weighted by Crippen LogP contribution is 2.37. The van der Waals surface area contributed by atoms with E-state index in [0.29, 0.717) is 26.1 Å². The summed E-state index contributed by atoms with van der Waals surface area (Å²) in [6.07, 6.45) is -2.64. The summed E-state index contributed by atoms with van der Waals surface area (Å²) in [7, 11) is 1.57. The van der Waals surface area contributed by atoms with E-state index in [1.54, 1.807) is 7.11 Å². The minimum atomic E-state index is -4.04. The standard InChI is InChI=1S/C10H18F3NO2/c1-15-6-7-16-14-9-4-2-8(3-5-9)10(11,12)13/h8-9,14H,2-7H2,1H3. The van der Waals surface area contributed by atoms with E-state index < -0.39 is 12.1 Å². The van der Waals surface area contributed by atoms with Crippen LogP contribution in [0.2, 0.25) is 0 Å². The molecule has 0 aromatic heterocycles. The smallest absolute Gasteiger partial charge is 0.382 e. The van der Waals surface area contributed by atoms with E-state index >= 15 is 0 Å². The van der Waals surface area contributed by atoms with Crippen LogP contribution in [-0.4, -0.2) is 32.5 Å². The Labute approximate surface area is 93.2 Å². The van der Waals surface area contributed by atoms with Crippen molar-refractivity contribution in [3.63, 3.8) is 0 Å². The number of hydrogen-bond acceptors (Lipinski definition) is 3. The maximum atomic E-state index is 12.4. The zero-order valence-electron chi connectivity index (χ0n) is 9.35. The third-order valence-electron chi connectivity index (χ3n) is 2.83. The summed E-state index contributed by atoms with van der Waals surface area (Å²) < 4.78 is 41.8. The Morgan fingerprint density at radius 2 is 1.75 bits per heavy atom. The van der Waals surface area contributed by atoms with E-state index in [0.717, 1.165) is 0 Å². The molecule has 3 nitrogen and oxygen atoms in total. The van der Waals surface area contributed by atoms with Crippen molar-refractivity contribution in [1.82, 2.24) is 5.48 Å². The second-order valence-electron chi connectivity index (χ2n) is 4.05. The van der Waals surface area contributed by atoms with Gasteiger partial charge in [0.2, 0.25) is 0 Å². The molecule has 16 heavy (non-hydrogen) atoms. The summed E-state index contributed by atoms with van der Waals surface area (Å²) >= 11 is 0. The molecule has 6 heteroatoms. The lowest BCUT2D eigenvalue weighted by Crippen LogP contribution is -2.37. The van der Waals surface area contributed by atoms with E-state index in [1.807, 2.05) is 0 Å². The van der Waals surface area contributed by atoms with Gasteiger partial charge in [-0.1, -0.05) is 0 Å². The highest BCUT2D eigenvalue weighted by molar-refractivity contribution is 4.79. The predicted octanol–water partition coefficient (Wildman–Crippen LogP) is 2.28. The van der Waals surface area contributed by atoms with Gasteiger partial charge in [-0.2, -0.15) is 18.7 Å². The van der Waals surface area contributed by atoms with Gasteiger partial charge in [0, 0.05) is 13.2 Å². The van der Waals surface area contributed by atoms with Gasteiger partial charge in [-0.25, -0.2) is 0 Å². The van der Waals surface area contributed by atoms with Crippen LogP contribution >= 0.6 is 0 Å². The number of rotatable bonds is 5. The molecule has 0 atom stereocenters. The average Bonchev–Trinajstić information content (AvgIpc) is 2.24. The second-order valence-corrected chi connectivity index (χ2v) is 4.05. The molecule has 0 aromatic carbocycles. The molecule has 0 aliphatic heterocycles. The molecule has 1 saturated carbocycles. The van der Waals surface area contributed by atoms with Gasteiger partial charge in [-0.3, -0.25) is 4.84 Å². The van der Waals surface area contributed by atoms with Crippen LogP contribution in [0.25, 0.3) is 0 Å². The fourth-order valence-corrected chi connectivity index (χ4v) is 1.84. The molecule has 0 unspecified atom stereocenters. The van der Waals surface area contributed by atoms with Gasteiger partial charge in [-0.15, -0.1) is 0 Å². The summed E-state index contributed by atoms with van der Waals surface area (Å²) in [5.41, 5.74) is 2.78. The van der Waals surface area contributed by atoms with Crippen molar-refractivity contribution in [2.24, 2.45) is 5.92 Å². The minimum Gasteiger partial charge on any atom is -0.382 e. The van der Waals surface area contributed by atoms with Crippen molar-refractivity contribution in [1.29, 1.82) is 0 Å². The number of nitrogens with one attached hydrogen (secondary N) is 1. The first-order chi connectivity index (χ1) is 7.54. The van der Waals surface area contributed by atoms with Crippen LogP contribution in [0.15, 0.2) is 0 Å². The van der Waals surface area contributed by atoms with Gasteiger partial charge in [0.05, 0.1) is 19.1 Å². The van der Waals surface area contributed by atoms with E-state index in [-0.39, 0.29) is 18.9 Å². The van der Waals surface area contributed by atoms with E-state index in [9.17, 15) is 13.2 Å². The molecule has 0 amide bonds. The van der Waals surface area contributed by atoms with Crippen LogP contribution in [0.5, 0.6) is 0 Å². The highest BCUT2D eigenvalue weighted by atomic mass is 19.4. The SMILES string of the molecule is COCCONC1CCC(C(F)(F)F)CC1. The number of halogens is 3.